The minimum atomic E-state index is -0.523. The molecule has 1 rings (SSSR count). The third kappa shape index (κ3) is 3.52. The predicted molar refractivity (Wildman–Crippen MR) is 67.8 cm³/mol. The molecule has 0 aliphatic rings. The fourth-order valence-corrected chi connectivity index (χ4v) is 1.44. The van der Waals surface area contributed by atoms with Crippen molar-refractivity contribution in [2.75, 3.05) is 31.4 Å². The number of hydrogen-bond donors (Lipinski definition) is 2. The lowest BCUT2D eigenvalue weighted by Crippen LogP contribution is -2.36. The highest BCUT2D eigenvalue weighted by molar-refractivity contribution is 5.58. The molecule has 0 amide bonds. The molecule has 2 N–H and O–H groups in total. The molecule has 8 heteroatoms. The van der Waals surface area contributed by atoms with E-state index in [4.69, 9.17) is 4.74 Å². The molecule has 0 aliphatic heterocycles. The summed E-state index contributed by atoms with van der Waals surface area (Å²) >= 11 is 0. The Balaban J connectivity index is 3.08. The molecule has 18 heavy (non-hydrogen) atoms. The predicted octanol–water partition coefficient (Wildman–Crippen LogP) is 1.26. The van der Waals surface area contributed by atoms with Crippen LogP contribution in [-0.4, -0.2) is 41.2 Å². The molecule has 8 nitrogen and oxygen atoms in total. The summed E-state index contributed by atoms with van der Waals surface area (Å²) in [5, 5.41) is 16.6. The molecule has 0 atom stereocenters. The highest BCUT2D eigenvalue weighted by Crippen LogP contribution is 2.25. The van der Waals surface area contributed by atoms with Crippen molar-refractivity contribution in [3.63, 3.8) is 0 Å². The third-order valence-corrected chi connectivity index (χ3v) is 2.15. The fourth-order valence-electron chi connectivity index (χ4n) is 1.44. The van der Waals surface area contributed by atoms with Gasteiger partial charge in [0.25, 0.3) is 0 Å². The zero-order valence-electron chi connectivity index (χ0n) is 10.9. The Kier molecular flexibility index (Phi) is 4.38. The Morgan fingerprint density at radius 2 is 2.22 bits per heavy atom. The van der Waals surface area contributed by atoms with Crippen LogP contribution < -0.4 is 10.6 Å². The summed E-state index contributed by atoms with van der Waals surface area (Å²) in [4.78, 5) is 18.2. The molecule has 0 unspecified atom stereocenters. The minimum absolute atomic E-state index is 0.168. The maximum absolute atomic E-state index is 10.9. The molecule has 0 aromatic carbocycles. The van der Waals surface area contributed by atoms with Crippen molar-refractivity contribution >= 4 is 17.5 Å². The first-order chi connectivity index (χ1) is 8.39. The maximum Gasteiger partial charge on any atom is 0.329 e. The largest absolute Gasteiger partial charge is 0.382 e. The van der Waals surface area contributed by atoms with E-state index in [2.05, 4.69) is 20.6 Å². The van der Waals surface area contributed by atoms with Crippen LogP contribution in [0.2, 0.25) is 0 Å². The van der Waals surface area contributed by atoms with Gasteiger partial charge in [-0.25, -0.2) is 4.98 Å². The van der Waals surface area contributed by atoms with Crippen molar-refractivity contribution in [1.82, 2.24) is 9.97 Å². The maximum atomic E-state index is 10.9. The first kappa shape index (κ1) is 14.1. The zero-order valence-corrected chi connectivity index (χ0v) is 10.9. The third-order valence-electron chi connectivity index (χ3n) is 2.15. The summed E-state index contributed by atoms with van der Waals surface area (Å²) in [6, 6.07) is 0. The molecule has 0 aliphatic carbocycles. The summed E-state index contributed by atoms with van der Waals surface area (Å²) in [6.07, 6.45) is 1.17. The van der Waals surface area contributed by atoms with Crippen molar-refractivity contribution < 1.29 is 9.66 Å². The van der Waals surface area contributed by atoms with E-state index in [1.807, 2.05) is 13.8 Å². The van der Waals surface area contributed by atoms with Gasteiger partial charge in [0.1, 0.15) is 6.20 Å². The van der Waals surface area contributed by atoms with Gasteiger partial charge in [0.05, 0.1) is 17.1 Å². The summed E-state index contributed by atoms with van der Waals surface area (Å²) in [7, 11) is 3.21. The number of aromatic nitrogens is 2. The topological polar surface area (TPSA) is 102 Å². The first-order valence-electron chi connectivity index (χ1n) is 5.36. The van der Waals surface area contributed by atoms with E-state index in [0.29, 0.717) is 12.6 Å². The van der Waals surface area contributed by atoms with Crippen LogP contribution in [0.25, 0.3) is 0 Å². The number of nitrogens with zero attached hydrogens (tertiary/aromatic N) is 3. The van der Waals surface area contributed by atoms with Crippen LogP contribution in [0, 0.1) is 10.1 Å². The number of nitro groups is 1. The normalized spacial score (nSPS) is 11.1. The van der Waals surface area contributed by atoms with Crippen molar-refractivity contribution in [1.29, 1.82) is 0 Å². The summed E-state index contributed by atoms with van der Waals surface area (Å²) in [5.41, 5.74) is -0.642. The second-order valence-corrected chi connectivity index (χ2v) is 4.38. The summed E-state index contributed by atoms with van der Waals surface area (Å²) in [5.74, 6) is 0.484. The zero-order chi connectivity index (χ0) is 13.8. The van der Waals surface area contributed by atoms with Crippen molar-refractivity contribution in [2.45, 2.75) is 19.4 Å². The number of nitrogens with one attached hydrogen (secondary N) is 2. The van der Waals surface area contributed by atoms with Crippen molar-refractivity contribution in [3.8, 4) is 0 Å². The van der Waals surface area contributed by atoms with Gasteiger partial charge in [0.15, 0.2) is 0 Å². The molecular formula is C10H17N5O3. The molecule has 1 aromatic rings. The van der Waals surface area contributed by atoms with Gasteiger partial charge in [-0.1, -0.05) is 0 Å². The van der Waals surface area contributed by atoms with E-state index < -0.39 is 10.5 Å². The summed E-state index contributed by atoms with van der Waals surface area (Å²) < 4.78 is 5.04. The van der Waals surface area contributed by atoms with E-state index in [9.17, 15) is 10.1 Å². The van der Waals surface area contributed by atoms with E-state index in [1.165, 1.54) is 6.20 Å². The average Bonchev–Trinajstić information content (AvgIpc) is 2.27. The summed E-state index contributed by atoms with van der Waals surface area (Å²) in [6.45, 7) is 4.12. The lowest BCUT2D eigenvalue weighted by atomic mass is 10.1. The Morgan fingerprint density at radius 1 is 1.56 bits per heavy atom. The van der Waals surface area contributed by atoms with Crippen LogP contribution >= 0.6 is 0 Å². The highest BCUT2D eigenvalue weighted by Gasteiger charge is 2.24. The average molecular weight is 255 g/mol. The molecule has 1 heterocycles. The van der Waals surface area contributed by atoms with Crippen LogP contribution in [0.1, 0.15) is 13.8 Å². The van der Waals surface area contributed by atoms with Gasteiger partial charge >= 0.3 is 5.69 Å². The Morgan fingerprint density at radius 3 is 2.72 bits per heavy atom. The van der Waals surface area contributed by atoms with E-state index in [1.54, 1.807) is 14.2 Å². The second-order valence-electron chi connectivity index (χ2n) is 4.38. The van der Waals surface area contributed by atoms with Crippen LogP contribution in [0.3, 0.4) is 0 Å². The van der Waals surface area contributed by atoms with Gasteiger partial charge in [0, 0.05) is 14.2 Å². The highest BCUT2D eigenvalue weighted by atomic mass is 16.6. The number of methoxy groups -OCH3 is 1. The van der Waals surface area contributed by atoms with Gasteiger partial charge in [-0.05, 0) is 13.8 Å². The SMILES string of the molecule is CNc1ncc([N+](=O)[O-])c(NC(C)(C)COC)n1. The number of rotatable bonds is 6. The van der Waals surface area contributed by atoms with Gasteiger partial charge in [-0.3, -0.25) is 10.1 Å². The molecule has 0 saturated heterocycles. The first-order valence-corrected chi connectivity index (χ1v) is 5.36. The number of ether oxygens (including phenoxy) is 1. The molecule has 0 radical (unpaired) electrons. The van der Waals surface area contributed by atoms with Crippen molar-refractivity contribution in [3.05, 3.63) is 16.3 Å². The Bertz CT molecular complexity index is 436. The van der Waals surface area contributed by atoms with Gasteiger partial charge in [-0.15, -0.1) is 0 Å². The van der Waals surface area contributed by atoms with Crippen LogP contribution in [0.5, 0.6) is 0 Å². The van der Waals surface area contributed by atoms with E-state index >= 15 is 0 Å². The standard InChI is InChI=1S/C10H17N5O3/c1-10(2,6-18-4)14-8-7(15(16)17)5-12-9(11-3)13-8/h5H,6H2,1-4H3,(H2,11,12,13,14). The van der Waals surface area contributed by atoms with Crippen LogP contribution in [-0.2, 0) is 4.74 Å². The quantitative estimate of drug-likeness (QED) is 0.582. The molecular weight excluding hydrogens is 238 g/mol. The molecule has 1 aromatic heterocycles. The van der Waals surface area contributed by atoms with Crippen LogP contribution in [0.4, 0.5) is 17.5 Å². The smallest absolute Gasteiger partial charge is 0.329 e. The number of hydrogen-bond acceptors (Lipinski definition) is 7. The molecule has 0 spiro atoms. The number of anilines is 2. The fraction of sp³-hybridized carbons (Fsp3) is 0.600. The van der Waals surface area contributed by atoms with Gasteiger partial charge in [-0.2, -0.15) is 4.98 Å². The van der Waals surface area contributed by atoms with E-state index in [0.717, 1.165) is 0 Å². The second kappa shape index (κ2) is 5.58. The molecule has 100 valence electrons. The Labute approximate surface area is 105 Å². The Hall–Kier alpha value is -1.96. The van der Waals surface area contributed by atoms with E-state index in [-0.39, 0.29) is 11.5 Å². The lowest BCUT2D eigenvalue weighted by molar-refractivity contribution is -0.384. The lowest BCUT2D eigenvalue weighted by Gasteiger charge is -2.25. The monoisotopic (exact) mass is 255 g/mol. The minimum Gasteiger partial charge on any atom is -0.382 e. The van der Waals surface area contributed by atoms with Gasteiger partial charge < -0.3 is 15.4 Å². The molecule has 0 fully saturated rings. The molecule has 0 saturated carbocycles. The van der Waals surface area contributed by atoms with Crippen LogP contribution in [0.15, 0.2) is 6.20 Å². The molecule has 0 bridgehead atoms. The van der Waals surface area contributed by atoms with Gasteiger partial charge in [0.2, 0.25) is 11.8 Å². The van der Waals surface area contributed by atoms with Crippen molar-refractivity contribution in [2.24, 2.45) is 0 Å².